The minimum absolute atomic E-state index is 0.192. The van der Waals surface area contributed by atoms with Crippen molar-refractivity contribution in [2.45, 2.75) is 26.8 Å². The van der Waals surface area contributed by atoms with Crippen LogP contribution in [0.2, 0.25) is 0 Å². The molecule has 0 radical (unpaired) electrons. The second kappa shape index (κ2) is 7.54. The first-order valence-corrected chi connectivity index (χ1v) is 9.60. The Morgan fingerprint density at radius 1 is 1.10 bits per heavy atom. The SMILES string of the molecule is COC(=O)c1c2c(nc3ccccc13)CCN(C(=O)Nc1ccc(C)c(C)c1)C2. The van der Waals surface area contributed by atoms with E-state index < -0.39 is 5.97 Å². The Balaban J connectivity index is 1.66. The molecule has 0 bridgehead atoms. The number of methoxy groups -OCH3 is 1. The summed E-state index contributed by atoms with van der Waals surface area (Å²) in [5.41, 5.74) is 5.92. The quantitative estimate of drug-likeness (QED) is 0.666. The van der Waals surface area contributed by atoms with E-state index in [1.807, 2.05) is 56.3 Å². The monoisotopic (exact) mass is 389 g/mol. The molecule has 2 heterocycles. The van der Waals surface area contributed by atoms with Gasteiger partial charge in [-0.2, -0.15) is 0 Å². The fourth-order valence-electron chi connectivity index (χ4n) is 3.72. The molecule has 0 saturated heterocycles. The van der Waals surface area contributed by atoms with E-state index in [9.17, 15) is 9.59 Å². The lowest BCUT2D eigenvalue weighted by Gasteiger charge is -2.30. The number of benzene rings is 2. The van der Waals surface area contributed by atoms with E-state index in [4.69, 9.17) is 9.72 Å². The maximum Gasteiger partial charge on any atom is 0.338 e. The van der Waals surface area contributed by atoms with Gasteiger partial charge in [-0.05, 0) is 43.2 Å². The van der Waals surface area contributed by atoms with Crippen molar-refractivity contribution >= 4 is 28.6 Å². The zero-order valence-electron chi connectivity index (χ0n) is 16.8. The molecule has 148 valence electrons. The summed E-state index contributed by atoms with van der Waals surface area (Å²) in [5, 5.41) is 3.71. The summed E-state index contributed by atoms with van der Waals surface area (Å²) in [5.74, 6) is -0.406. The minimum atomic E-state index is -0.406. The van der Waals surface area contributed by atoms with Crippen molar-refractivity contribution in [1.82, 2.24) is 9.88 Å². The Morgan fingerprint density at radius 3 is 2.66 bits per heavy atom. The van der Waals surface area contributed by atoms with Crippen molar-refractivity contribution in [3.63, 3.8) is 0 Å². The van der Waals surface area contributed by atoms with Crippen LogP contribution in [0.1, 0.15) is 32.7 Å². The van der Waals surface area contributed by atoms with Gasteiger partial charge in [-0.25, -0.2) is 9.59 Å². The van der Waals surface area contributed by atoms with Gasteiger partial charge in [-0.15, -0.1) is 0 Å². The number of aryl methyl sites for hydroxylation is 2. The van der Waals surface area contributed by atoms with Gasteiger partial charge in [0, 0.05) is 35.3 Å². The number of anilines is 1. The highest BCUT2D eigenvalue weighted by Gasteiger charge is 2.28. The molecular formula is C23H23N3O3. The van der Waals surface area contributed by atoms with Gasteiger partial charge in [0.2, 0.25) is 0 Å². The number of rotatable bonds is 2. The summed E-state index contributed by atoms with van der Waals surface area (Å²) in [6.45, 7) is 4.90. The first-order chi connectivity index (χ1) is 14.0. The fraction of sp³-hybridized carbons (Fsp3) is 0.261. The van der Waals surface area contributed by atoms with Crippen LogP contribution in [-0.4, -0.2) is 35.5 Å². The number of nitrogens with zero attached hydrogens (tertiary/aromatic N) is 2. The number of para-hydroxylation sites is 1. The average molecular weight is 389 g/mol. The first kappa shape index (κ1) is 18.9. The minimum Gasteiger partial charge on any atom is -0.465 e. The molecule has 2 aromatic carbocycles. The van der Waals surface area contributed by atoms with E-state index in [0.29, 0.717) is 25.1 Å². The number of aromatic nitrogens is 1. The van der Waals surface area contributed by atoms with Gasteiger partial charge in [0.05, 0.1) is 24.7 Å². The van der Waals surface area contributed by atoms with Gasteiger partial charge in [-0.3, -0.25) is 4.98 Å². The third-order valence-electron chi connectivity index (χ3n) is 5.48. The van der Waals surface area contributed by atoms with Crippen LogP contribution in [0.4, 0.5) is 10.5 Å². The molecule has 4 rings (SSSR count). The Hall–Kier alpha value is -3.41. The average Bonchev–Trinajstić information content (AvgIpc) is 2.73. The fourth-order valence-corrected chi connectivity index (χ4v) is 3.72. The molecule has 1 N–H and O–H groups in total. The summed E-state index contributed by atoms with van der Waals surface area (Å²) in [7, 11) is 1.37. The molecule has 6 nitrogen and oxygen atoms in total. The van der Waals surface area contributed by atoms with Crippen molar-refractivity contribution in [3.8, 4) is 0 Å². The Labute approximate surface area is 169 Å². The summed E-state index contributed by atoms with van der Waals surface area (Å²) >= 11 is 0. The standard InChI is InChI=1S/C23H23N3O3/c1-14-8-9-16(12-15(14)2)24-23(28)26-11-10-20-18(13-26)21(22(27)29-3)17-6-4-5-7-19(17)25-20/h4-9,12H,10-11,13H2,1-3H3,(H,24,28). The molecule has 1 aliphatic rings. The van der Waals surface area contributed by atoms with Gasteiger partial charge < -0.3 is 15.0 Å². The van der Waals surface area contributed by atoms with Crippen LogP contribution < -0.4 is 5.32 Å². The van der Waals surface area contributed by atoms with E-state index >= 15 is 0 Å². The number of fused-ring (bicyclic) bond motifs is 2. The van der Waals surface area contributed by atoms with E-state index in [-0.39, 0.29) is 6.03 Å². The highest BCUT2D eigenvalue weighted by Crippen LogP contribution is 2.29. The van der Waals surface area contributed by atoms with Crippen molar-refractivity contribution in [2.75, 3.05) is 19.0 Å². The van der Waals surface area contributed by atoms with Gasteiger partial charge in [0.1, 0.15) is 0 Å². The number of carbonyl (C=O) groups excluding carboxylic acids is 2. The second-order valence-electron chi connectivity index (χ2n) is 7.32. The number of carbonyl (C=O) groups is 2. The largest absolute Gasteiger partial charge is 0.465 e. The molecule has 0 saturated carbocycles. The smallest absolute Gasteiger partial charge is 0.338 e. The molecule has 2 amide bonds. The predicted molar refractivity (Wildman–Crippen MR) is 112 cm³/mol. The molecular weight excluding hydrogens is 366 g/mol. The summed E-state index contributed by atoms with van der Waals surface area (Å²) in [4.78, 5) is 31.9. The number of esters is 1. The van der Waals surface area contributed by atoms with Gasteiger partial charge in [0.15, 0.2) is 0 Å². The molecule has 29 heavy (non-hydrogen) atoms. The van der Waals surface area contributed by atoms with Crippen LogP contribution in [-0.2, 0) is 17.7 Å². The second-order valence-corrected chi connectivity index (χ2v) is 7.32. The number of nitrogens with one attached hydrogen (secondary N) is 1. The summed E-state index contributed by atoms with van der Waals surface area (Å²) in [6.07, 6.45) is 0.588. The maximum absolute atomic E-state index is 12.9. The molecule has 0 spiro atoms. The first-order valence-electron chi connectivity index (χ1n) is 9.60. The highest BCUT2D eigenvalue weighted by molar-refractivity contribution is 6.05. The summed E-state index contributed by atoms with van der Waals surface area (Å²) < 4.78 is 5.04. The van der Waals surface area contributed by atoms with Gasteiger partial charge >= 0.3 is 12.0 Å². The predicted octanol–water partition coefficient (Wildman–Crippen LogP) is 4.23. The molecule has 1 aliphatic heterocycles. The number of ether oxygens (including phenoxy) is 1. The normalized spacial score (nSPS) is 13.1. The van der Waals surface area contributed by atoms with Crippen LogP contribution in [0.15, 0.2) is 42.5 Å². The zero-order valence-corrected chi connectivity index (χ0v) is 16.8. The van der Waals surface area contributed by atoms with Crippen molar-refractivity contribution in [2.24, 2.45) is 0 Å². The number of hydrogen-bond acceptors (Lipinski definition) is 4. The number of pyridine rings is 1. The van der Waals surface area contributed by atoms with Crippen LogP contribution in [0.3, 0.4) is 0 Å². The highest BCUT2D eigenvalue weighted by atomic mass is 16.5. The molecule has 0 aliphatic carbocycles. The number of amides is 2. The number of hydrogen-bond donors (Lipinski definition) is 1. The molecule has 6 heteroatoms. The van der Waals surface area contributed by atoms with E-state index in [0.717, 1.165) is 33.4 Å². The lowest BCUT2D eigenvalue weighted by molar-refractivity contribution is 0.0600. The third kappa shape index (κ3) is 3.53. The van der Waals surface area contributed by atoms with Gasteiger partial charge in [0.25, 0.3) is 0 Å². The molecule has 0 atom stereocenters. The molecule has 0 unspecified atom stereocenters. The summed E-state index contributed by atoms with van der Waals surface area (Å²) in [6, 6.07) is 13.2. The number of urea groups is 1. The maximum atomic E-state index is 12.9. The van der Waals surface area contributed by atoms with E-state index in [2.05, 4.69) is 5.32 Å². The Bertz CT molecular complexity index is 1120. The van der Waals surface area contributed by atoms with Crippen LogP contribution in [0.5, 0.6) is 0 Å². The Morgan fingerprint density at radius 2 is 1.90 bits per heavy atom. The zero-order chi connectivity index (χ0) is 20.5. The third-order valence-corrected chi connectivity index (χ3v) is 5.48. The van der Waals surface area contributed by atoms with Crippen molar-refractivity contribution < 1.29 is 14.3 Å². The van der Waals surface area contributed by atoms with Crippen molar-refractivity contribution in [3.05, 3.63) is 70.4 Å². The van der Waals surface area contributed by atoms with Crippen LogP contribution >= 0.6 is 0 Å². The van der Waals surface area contributed by atoms with Crippen LogP contribution in [0, 0.1) is 13.8 Å². The van der Waals surface area contributed by atoms with E-state index in [1.165, 1.54) is 12.7 Å². The lowest BCUT2D eigenvalue weighted by atomic mass is 9.96. The lowest BCUT2D eigenvalue weighted by Crippen LogP contribution is -2.40. The molecule has 1 aromatic heterocycles. The Kier molecular flexibility index (Phi) is 4.92. The molecule has 0 fully saturated rings. The molecule has 3 aromatic rings. The van der Waals surface area contributed by atoms with Gasteiger partial charge in [-0.1, -0.05) is 24.3 Å². The topological polar surface area (TPSA) is 71.5 Å². The van der Waals surface area contributed by atoms with E-state index in [1.54, 1.807) is 4.90 Å². The van der Waals surface area contributed by atoms with Crippen LogP contribution in [0.25, 0.3) is 10.9 Å². The van der Waals surface area contributed by atoms with Crippen molar-refractivity contribution in [1.29, 1.82) is 0 Å².